The van der Waals surface area contributed by atoms with Gasteiger partial charge in [-0.25, -0.2) is 9.78 Å². The van der Waals surface area contributed by atoms with Crippen LogP contribution >= 0.6 is 22.9 Å². The molecule has 3 rings (SSSR count). The minimum absolute atomic E-state index is 0.0268. The van der Waals surface area contributed by atoms with Crippen LogP contribution in [0.5, 0.6) is 0 Å². The summed E-state index contributed by atoms with van der Waals surface area (Å²) in [6.45, 7) is 5.41. The maximum atomic E-state index is 12.9. The third-order valence-electron chi connectivity index (χ3n) is 4.83. The largest absolute Gasteiger partial charge is 0.444 e. The maximum absolute atomic E-state index is 12.9. The quantitative estimate of drug-likeness (QED) is 0.822. The van der Waals surface area contributed by atoms with Gasteiger partial charge in [0.2, 0.25) is 5.91 Å². The van der Waals surface area contributed by atoms with Crippen LogP contribution in [-0.2, 0) is 16.0 Å². The number of hydrogen-bond donors (Lipinski definition) is 1. The van der Waals surface area contributed by atoms with E-state index in [-0.39, 0.29) is 24.3 Å². The van der Waals surface area contributed by atoms with Crippen molar-refractivity contribution in [3.05, 3.63) is 15.5 Å². The number of nitriles is 1. The number of ether oxygens (including phenoxy) is 1. The molecule has 1 N–H and O–H groups in total. The van der Waals surface area contributed by atoms with Crippen LogP contribution in [0.15, 0.2) is 6.20 Å². The molecule has 1 saturated carbocycles. The Balaban J connectivity index is 1.69. The van der Waals surface area contributed by atoms with Crippen LogP contribution in [0.1, 0.15) is 45.0 Å². The van der Waals surface area contributed by atoms with E-state index in [1.807, 2.05) is 0 Å². The number of carbonyl (C=O) groups excluding carboxylic acids is 2. The number of hydrogen-bond acceptors (Lipinski definition) is 6. The van der Waals surface area contributed by atoms with Gasteiger partial charge < -0.3 is 10.1 Å². The van der Waals surface area contributed by atoms with Crippen molar-refractivity contribution in [1.82, 2.24) is 15.2 Å². The van der Waals surface area contributed by atoms with Gasteiger partial charge in [0.15, 0.2) is 0 Å². The minimum atomic E-state index is -0.723. The number of rotatable bonds is 4. The first-order chi connectivity index (χ1) is 12.7. The first-order valence-electron chi connectivity index (χ1n) is 8.99. The minimum Gasteiger partial charge on any atom is -0.444 e. The van der Waals surface area contributed by atoms with Gasteiger partial charge in [-0.1, -0.05) is 11.6 Å². The topological polar surface area (TPSA) is 95.3 Å². The number of nitrogens with zero attached hydrogens (tertiary/aromatic N) is 3. The highest BCUT2D eigenvalue weighted by atomic mass is 35.5. The lowest BCUT2D eigenvalue weighted by atomic mass is 9.97. The number of thiazole rings is 1. The number of nitrogens with one attached hydrogen (secondary N) is 1. The summed E-state index contributed by atoms with van der Waals surface area (Å²) >= 11 is 7.16. The van der Waals surface area contributed by atoms with Gasteiger partial charge in [0.1, 0.15) is 22.0 Å². The Morgan fingerprint density at radius 3 is 2.85 bits per heavy atom. The van der Waals surface area contributed by atoms with Crippen molar-refractivity contribution in [1.29, 1.82) is 5.26 Å². The molecule has 1 aromatic heterocycles. The molecule has 146 valence electrons. The first-order valence-corrected chi connectivity index (χ1v) is 10.2. The SMILES string of the molecule is CC(C)(C)OC(=O)N1C2CCC(C2)C1C(=O)NC(C#N)Cc1ncc(Cl)s1. The molecule has 0 aromatic carbocycles. The number of fused-ring (bicyclic) bond motifs is 2. The Morgan fingerprint density at radius 2 is 2.26 bits per heavy atom. The normalized spacial score (nSPS) is 25.1. The Morgan fingerprint density at radius 1 is 1.52 bits per heavy atom. The lowest BCUT2D eigenvalue weighted by Crippen LogP contribution is -2.55. The van der Waals surface area contributed by atoms with Crippen LogP contribution in [0.4, 0.5) is 4.79 Å². The number of piperidine rings is 1. The molecule has 2 fully saturated rings. The molecule has 0 spiro atoms. The fraction of sp³-hybridized carbons (Fsp3) is 0.667. The molecule has 1 aromatic rings. The Bertz CT molecular complexity index is 769. The predicted molar refractivity (Wildman–Crippen MR) is 101 cm³/mol. The van der Waals surface area contributed by atoms with Crippen LogP contribution in [0, 0.1) is 17.2 Å². The van der Waals surface area contributed by atoms with E-state index in [4.69, 9.17) is 16.3 Å². The predicted octanol–water partition coefficient (Wildman–Crippen LogP) is 3.14. The Hall–Kier alpha value is -1.85. The van der Waals surface area contributed by atoms with Crippen LogP contribution in [-0.4, -0.2) is 45.6 Å². The second-order valence-electron chi connectivity index (χ2n) is 8.01. The molecule has 1 aliphatic carbocycles. The molecule has 9 heteroatoms. The summed E-state index contributed by atoms with van der Waals surface area (Å²) in [4.78, 5) is 31.3. The molecule has 7 nitrogen and oxygen atoms in total. The summed E-state index contributed by atoms with van der Waals surface area (Å²) in [6, 6.07) is 0.813. The molecule has 1 saturated heterocycles. The van der Waals surface area contributed by atoms with Crippen molar-refractivity contribution in [3.8, 4) is 6.07 Å². The molecule has 4 unspecified atom stereocenters. The van der Waals surface area contributed by atoms with Crippen LogP contribution in [0.2, 0.25) is 4.34 Å². The standard InChI is InChI=1S/C18H23ClN4O3S/c1-18(2,3)26-17(25)23-12-5-4-10(6-12)15(23)16(24)22-11(8-20)7-14-21-9-13(19)27-14/h9-12,15H,4-7H2,1-3H3,(H,22,24). The van der Waals surface area contributed by atoms with Gasteiger partial charge in [-0.3, -0.25) is 9.69 Å². The van der Waals surface area contributed by atoms with E-state index in [1.54, 1.807) is 25.7 Å². The lowest BCUT2D eigenvalue weighted by molar-refractivity contribution is -0.128. The van der Waals surface area contributed by atoms with Crippen LogP contribution in [0.3, 0.4) is 0 Å². The van der Waals surface area contributed by atoms with Crippen molar-refractivity contribution in [2.24, 2.45) is 5.92 Å². The monoisotopic (exact) mass is 410 g/mol. The summed E-state index contributed by atoms with van der Waals surface area (Å²) < 4.78 is 6.04. The average molecular weight is 411 g/mol. The zero-order chi connectivity index (χ0) is 19.8. The molecule has 0 radical (unpaired) electrons. The summed E-state index contributed by atoms with van der Waals surface area (Å²) in [7, 11) is 0. The van der Waals surface area contributed by atoms with E-state index < -0.39 is 23.8 Å². The molecule has 4 atom stereocenters. The van der Waals surface area contributed by atoms with E-state index in [0.29, 0.717) is 9.34 Å². The second-order valence-corrected chi connectivity index (χ2v) is 9.76. The van der Waals surface area contributed by atoms with Crippen molar-refractivity contribution < 1.29 is 14.3 Å². The van der Waals surface area contributed by atoms with Crippen molar-refractivity contribution in [2.75, 3.05) is 0 Å². The van der Waals surface area contributed by atoms with E-state index in [1.165, 1.54) is 17.5 Å². The van der Waals surface area contributed by atoms with E-state index in [2.05, 4.69) is 16.4 Å². The highest BCUT2D eigenvalue weighted by Crippen LogP contribution is 2.43. The van der Waals surface area contributed by atoms with E-state index >= 15 is 0 Å². The highest BCUT2D eigenvalue weighted by Gasteiger charge is 2.52. The highest BCUT2D eigenvalue weighted by molar-refractivity contribution is 7.15. The summed E-state index contributed by atoms with van der Waals surface area (Å²) in [5.41, 5.74) is -0.626. The van der Waals surface area contributed by atoms with Gasteiger partial charge in [-0.05, 0) is 46.0 Å². The van der Waals surface area contributed by atoms with Gasteiger partial charge in [-0.2, -0.15) is 5.26 Å². The molecule has 2 bridgehead atoms. The molecule has 2 amide bonds. The van der Waals surface area contributed by atoms with Gasteiger partial charge in [-0.15, -0.1) is 11.3 Å². The zero-order valence-electron chi connectivity index (χ0n) is 15.6. The third kappa shape index (κ3) is 4.53. The number of aromatic nitrogens is 1. The van der Waals surface area contributed by atoms with Gasteiger partial charge in [0.25, 0.3) is 0 Å². The first kappa shape index (κ1) is 19.9. The third-order valence-corrected chi connectivity index (χ3v) is 5.97. The number of likely N-dealkylation sites (tertiary alicyclic amines) is 1. The molecule has 1 aliphatic heterocycles. The maximum Gasteiger partial charge on any atom is 0.411 e. The molecular weight excluding hydrogens is 388 g/mol. The van der Waals surface area contributed by atoms with E-state index in [0.717, 1.165) is 19.3 Å². The fourth-order valence-corrected chi connectivity index (χ4v) is 4.85. The van der Waals surface area contributed by atoms with Crippen LogP contribution in [0.25, 0.3) is 0 Å². The van der Waals surface area contributed by atoms with Crippen molar-refractivity contribution in [2.45, 2.75) is 70.2 Å². The summed E-state index contributed by atoms with van der Waals surface area (Å²) in [5, 5.41) is 12.9. The number of halogens is 1. The average Bonchev–Trinajstić information content (AvgIpc) is 3.27. The molecule has 2 aliphatic rings. The molecule has 2 heterocycles. The van der Waals surface area contributed by atoms with Crippen molar-refractivity contribution >= 4 is 34.9 Å². The zero-order valence-corrected chi connectivity index (χ0v) is 17.1. The van der Waals surface area contributed by atoms with Gasteiger partial charge in [0, 0.05) is 12.5 Å². The van der Waals surface area contributed by atoms with Gasteiger partial charge >= 0.3 is 6.09 Å². The Labute approximate surface area is 167 Å². The number of carbonyl (C=O) groups is 2. The number of amides is 2. The van der Waals surface area contributed by atoms with Crippen molar-refractivity contribution in [3.63, 3.8) is 0 Å². The second kappa shape index (κ2) is 7.64. The summed E-state index contributed by atoms with van der Waals surface area (Å²) in [6.07, 6.45) is 3.94. The fourth-order valence-electron chi connectivity index (χ4n) is 3.85. The Kier molecular flexibility index (Phi) is 5.63. The smallest absolute Gasteiger partial charge is 0.411 e. The van der Waals surface area contributed by atoms with Gasteiger partial charge in [0.05, 0.1) is 17.3 Å². The van der Waals surface area contributed by atoms with E-state index in [9.17, 15) is 14.9 Å². The summed E-state index contributed by atoms with van der Waals surface area (Å²) in [5.74, 6) is -0.196. The molecular formula is C18H23ClN4O3S. The van der Waals surface area contributed by atoms with Crippen LogP contribution < -0.4 is 5.32 Å². The molecule has 27 heavy (non-hydrogen) atoms. The lowest BCUT2D eigenvalue weighted by Gasteiger charge is -2.35.